The van der Waals surface area contributed by atoms with Crippen molar-refractivity contribution in [3.05, 3.63) is 0 Å². The molecule has 0 atom stereocenters. The molecule has 0 aromatic heterocycles. The zero-order chi connectivity index (χ0) is 8.32. The maximum Gasteiger partial charge on any atom is 0.0572 e. The second kappa shape index (κ2) is 3.52. The highest BCUT2D eigenvalue weighted by Crippen LogP contribution is 2.28. The van der Waals surface area contributed by atoms with Crippen molar-refractivity contribution >= 4 is 0 Å². The molecule has 1 fully saturated rings. The molecule has 0 heterocycles. The lowest BCUT2D eigenvalue weighted by Crippen LogP contribution is -2.44. The molecule has 66 valence electrons. The van der Waals surface area contributed by atoms with Crippen molar-refractivity contribution < 1.29 is 9.94 Å². The third-order valence-corrected chi connectivity index (χ3v) is 2.64. The van der Waals surface area contributed by atoms with Gasteiger partial charge in [-0.05, 0) is 32.6 Å². The highest BCUT2D eigenvalue weighted by molar-refractivity contribution is 4.86. The predicted molar refractivity (Wildman–Crippen MR) is 42.6 cm³/mol. The Hall–Kier alpha value is -0.120. The van der Waals surface area contributed by atoms with Gasteiger partial charge in [0.05, 0.1) is 6.10 Å². The average Bonchev–Trinajstić information content (AvgIpc) is 2.06. The maximum atomic E-state index is 8.82. The summed E-state index contributed by atoms with van der Waals surface area (Å²) in [7, 11) is 1.75. The number of hydrogen-bond acceptors (Lipinski definition) is 3. The molecular formula is C8H17NO2. The summed E-state index contributed by atoms with van der Waals surface area (Å²) >= 11 is 0. The van der Waals surface area contributed by atoms with Crippen LogP contribution in [-0.4, -0.2) is 24.0 Å². The molecular weight excluding hydrogens is 142 g/mol. The van der Waals surface area contributed by atoms with E-state index in [0.717, 1.165) is 25.7 Å². The molecule has 3 heteroatoms. The smallest absolute Gasteiger partial charge is 0.0572 e. The zero-order valence-electron chi connectivity index (χ0n) is 7.26. The van der Waals surface area contributed by atoms with E-state index in [1.807, 2.05) is 6.92 Å². The largest absolute Gasteiger partial charge is 0.381 e. The molecule has 3 nitrogen and oxygen atoms in total. The fourth-order valence-electron chi connectivity index (χ4n) is 1.58. The molecule has 0 aliphatic heterocycles. The molecule has 0 saturated heterocycles. The summed E-state index contributed by atoms with van der Waals surface area (Å²) < 4.78 is 5.22. The van der Waals surface area contributed by atoms with E-state index >= 15 is 0 Å². The van der Waals surface area contributed by atoms with Gasteiger partial charge in [-0.2, -0.15) is 5.48 Å². The van der Waals surface area contributed by atoms with Crippen molar-refractivity contribution in [1.82, 2.24) is 5.48 Å². The van der Waals surface area contributed by atoms with Gasteiger partial charge in [-0.3, -0.25) is 0 Å². The Morgan fingerprint density at radius 1 is 1.45 bits per heavy atom. The number of nitrogens with one attached hydrogen (secondary N) is 1. The van der Waals surface area contributed by atoms with Crippen molar-refractivity contribution in [3.8, 4) is 0 Å². The lowest BCUT2D eigenvalue weighted by molar-refractivity contribution is -0.00234. The summed E-state index contributed by atoms with van der Waals surface area (Å²) in [6.07, 6.45) is 4.46. The van der Waals surface area contributed by atoms with Crippen LogP contribution in [0, 0.1) is 0 Å². The lowest BCUT2D eigenvalue weighted by atomic mass is 9.82. The van der Waals surface area contributed by atoms with Gasteiger partial charge in [-0.15, -0.1) is 0 Å². The van der Waals surface area contributed by atoms with E-state index in [9.17, 15) is 0 Å². The van der Waals surface area contributed by atoms with E-state index in [2.05, 4.69) is 5.48 Å². The van der Waals surface area contributed by atoms with E-state index in [1.54, 1.807) is 7.11 Å². The quantitative estimate of drug-likeness (QED) is 0.597. The minimum atomic E-state index is -0.0744. The highest BCUT2D eigenvalue weighted by atomic mass is 16.5. The minimum absolute atomic E-state index is 0.0744. The Kier molecular flexibility index (Phi) is 2.87. The Morgan fingerprint density at radius 2 is 2.00 bits per heavy atom. The van der Waals surface area contributed by atoms with E-state index < -0.39 is 0 Å². The molecule has 0 amide bonds. The van der Waals surface area contributed by atoms with E-state index in [4.69, 9.17) is 9.94 Å². The molecule has 1 aliphatic carbocycles. The first kappa shape index (κ1) is 8.97. The molecule has 0 unspecified atom stereocenters. The molecule has 1 aliphatic rings. The number of hydrogen-bond donors (Lipinski definition) is 2. The predicted octanol–water partition coefficient (Wildman–Crippen LogP) is 1.31. The van der Waals surface area contributed by atoms with Crippen molar-refractivity contribution in [2.75, 3.05) is 7.11 Å². The third-order valence-electron chi connectivity index (χ3n) is 2.64. The molecule has 0 bridgehead atoms. The number of methoxy groups -OCH3 is 1. The number of rotatable bonds is 2. The van der Waals surface area contributed by atoms with Gasteiger partial charge in [0.25, 0.3) is 0 Å². The Morgan fingerprint density at radius 3 is 2.36 bits per heavy atom. The van der Waals surface area contributed by atoms with Crippen LogP contribution in [0.2, 0.25) is 0 Å². The monoisotopic (exact) mass is 159 g/mol. The van der Waals surface area contributed by atoms with Crippen LogP contribution in [0.1, 0.15) is 32.6 Å². The Balaban J connectivity index is 2.35. The normalized spacial score (nSPS) is 39.0. The van der Waals surface area contributed by atoms with Crippen molar-refractivity contribution in [2.24, 2.45) is 0 Å². The van der Waals surface area contributed by atoms with Crippen LogP contribution in [0.4, 0.5) is 0 Å². The van der Waals surface area contributed by atoms with Gasteiger partial charge < -0.3 is 9.94 Å². The van der Waals surface area contributed by atoms with Crippen molar-refractivity contribution in [3.63, 3.8) is 0 Å². The SMILES string of the molecule is CO[C@H]1CC[C@](C)(NO)CC1. The first-order valence-electron chi connectivity index (χ1n) is 4.14. The van der Waals surface area contributed by atoms with Gasteiger partial charge >= 0.3 is 0 Å². The van der Waals surface area contributed by atoms with Crippen molar-refractivity contribution in [2.45, 2.75) is 44.2 Å². The Bertz CT molecular complexity index is 119. The topological polar surface area (TPSA) is 41.5 Å². The van der Waals surface area contributed by atoms with Gasteiger partial charge in [0, 0.05) is 12.6 Å². The molecule has 1 rings (SSSR count). The van der Waals surface area contributed by atoms with Gasteiger partial charge in [0.2, 0.25) is 0 Å². The van der Waals surface area contributed by atoms with Gasteiger partial charge in [0.1, 0.15) is 0 Å². The minimum Gasteiger partial charge on any atom is -0.381 e. The summed E-state index contributed by atoms with van der Waals surface area (Å²) in [4.78, 5) is 0. The summed E-state index contributed by atoms with van der Waals surface area (Å²) in [5.74, 6) is 0. The highest BCUT2D eigenvalue weighted by Gasteiger charge is 2.30. The maximum absolute atomic E-state index is 8.82. The number of hydroxylamine groups is 1. The van der Waals surface area contributed by atoms with Crippen LogP contribution in [0.3, 0.4) is 0 Å². The van der Waals surface area contributed by atoms with Crippen LogP contribution in [0.15, 0.2) is 0 Å². The molecule has 0 aromatic carbocycles. The summed E-state index contributed by atoms with van der Waals surface area (Å²) in [5, 5.41) is 8.82. The Labute approximate surface area is 67.7 Å². The van der Waals surface area contributed by atoms with Gasteiger partial charge in [-0.25, -0.2) is 0 Å². The van der Waals surface area contributed by atoms with E-state index in [0.29, 0.717) is 6.10 Å². The standard InChI is InChI=1S/C8H17NO2/c1-8(9-10)5-3-7(11-2)4-6-8/h7,9-10H,3-6H2,1-2H3/t7-,8-. The lowest BCUT2D eigenvalue weighted by Gasteiger charge is -2.35. The molecule has 0 spiro atoms. The van der Waals surface area contributed by atoms with E-state index in [1.165, 1.54) is 0 Å². The molecule has 0 radical (unpaired) electrons. The summed E-state index contributed by atoms with van der Waals surface area (Å²) in [6.45, 7) is 2.04. The van der Waals surface area contributed by atoms with E-state index in [-0.39, 0.29) is 5.54 Å². The first-order valence-corrected chi connectivity index (χ1v) is 4.14. The van der Waals surface area contributed by atoms with Crippen LogP contribution in [0.5, 0.6) is 0 Å². The van der Waals surface area contributed by atoms with Crippen LogP contribution in [-0.2, 0) is 4.74 Å². The second-order valence-electron chi connectivity index (χ2n) is 3.61. The average molecular weight is 159 g/mol. The zero-order valence-corrected chi connectivity index (χ0v) is 7.26. The third kappa shape index (κ3) is 2.15. The first-order chi connectivity index (χ1) is 5.20. The van der Waals surface area contributed by atoms with Crippen LogP contribution >= 0.6 is 0 Å². The fraction of sp³-hybridized carbons (Fsp3) is 1.00. The fourth-order valence-corrected chi connectivity index (χ4v) is 1.58. The van der Waals surface area contributed by atoms with Crippen molar-refractivity contribution in [1.29, 1.82) is 0 Å². The molecule has 1 saturated carbocycles. The summed E-state index contributed by atoms with van der Waals surface area (Å²) in [5.41, 5.74) is 2.29. The van der Waals surface area contributed by atoms with Gasteiger partial charge in [-0.1, -0.05) is 0 Å². The van der Waals surface area contributed by atoms with Crippen LogP contribution in [0.25, 0.3) is 0 Å². The second-order valence-corrected chi connectivity index (χ2v) is 3.61. The van der Waals surface area contributed by atoms with Crippen LogP contribution < -0.4 is 5.48 Å². The summed E-state index contributed by atoms with van der Waals surface area (Å²) in [6, 6.07) is 0. The molecule has 0 aromatic rings. The number of ether oxygens (including phenoxy) is 1. The molecule has 11 heavy (non-hydrogen) atoms. The molecule has 2 N–H and O–H groups in total. The van der Waals surface area contributed by atoms with Gasteiger partial charge in [0.15, 0.2) is 0 Å².